The van der Waals surface area contributed by atoms with Gasteiger partial charge in [-0.25, -0.2) is 0 Å². The number of rotatable bonds is 2. The van der Waals surface area contributed by atoms with Crippen LogP contribution in [0.1, 0.15) is 19.3 Å². The molecule has 76 valence electrons. The first kappa shape index (κ1) is 10.3. The summed E-state index contributed by atoms with van der Waals surface area (Å²) in [6.45, 7) is -0.314. The molecule has 0 aromatic heterocycles. The van der Waals surface area contributed by atoms with Crippen LogP contribution in [-0.2, 0) is 4.79 Å². The first-order valence-corrected chi connectivity index (χ1v) is 3.91. The van der Waals surface area contributed by atoms with Crippen molar-refractivity contribution in [1.29, 1.82) is 0 Å². The maximum atomic E-state index is 11.7. The molecular formula is C7H10F3NO2. The minimum atomic E-state index is -4.86. The van der Waals surface area contributed by atoms with E-state index in [1.165, 1.54) is 0 Å². The third-order valence-corrected chi connectivity index (χ3v) is 2.12. The van der Waals surface area contributed by atoms with Crippen LogP contribution in [0, 0.1) is 0 Å². The molecule has 1 aliphatic carbocycles. The molecule has 1 aliphatic rings. The lowest BCUT2D eigenvalue weighted by molar-refractivity contribution is -0.175. The van der Waals surface area contributed by atoms with Crippen molar-refractivity contribution in [3.05, 3.63) is 0 Å². The lowest BCUT2D eigenvalue weighted by Crippen LogP contribution is -2.50. The highest BCUT2D eigenvalue weighted by Crippen LogP contribution is 2.30. The number of hydrogen-bond acceptors (Lipinski definition) is 2. The summed E-state index contributed by atoms with van der Waals surface area (Å²) in [4.78, 5) is 10.3. The smallest absolute Gasteiger partial charge is 0.388 e. The highest BCUT2D eigenvalue weighted by molar-refractivity contribution is 5.81. The second-order valence-electron chi connectivity index (χ2n) is 3.26. The summed E-state index contributed by atoms with van der Waals surface area (Å²) in [5.74, 6) is -1.99. The van der Waals surface area contributed by atoms with E-state index in [9.17, 15) is 23.1 Å². The maximum absolute atomic E-state index is 11.7. The lowest BCUT2D eigenvalue weighted by Gasteiger charge is -2.36. The first-order valence-electron chi connectivity index (χ1n) is 3.91. The maximum Gasteiger partial charge on any atom is 0.471 e. The number of halogens is 3. The van der Waals surface area contributed by atoms with Gasteiger partial charge in [-0.3, -0.25) is 4.79 Å². The third-order valence-electron chi connectivity index (χ3n) is 2.12. The normalized spacial score (nSPS) is 20.6. The van der Waals surface area contributed by atoms with Gasteiger partial charge in [-0.15, -0.1) is 0 Å². The molecule has 6 heteroatoms. The van der Waals surface area contributed by atoms with Crippen molar-refractivity contribution in [3.8, 4) is 0 Å². The zero-order valence-corrected chi connectivity index (χ0v) is 6.82. The number of hydrogen-bond donors (Lipinski definition) is 2. The van der Waals surface area contributed by atoms with E-state index in [1.54, 1.807) is 5.32 Å². The number of nitrogens with one attached hydrogen (secondary N) is 1. The molecule has 0 spiro atoms. The van der Waals surface area contributed by atoms with Crippen molar-refractivity contribution in [2.75, 3.05) is 6.54 Å². The molecule has 1 rings (SSSR count). The fraction of sp³-hybridized carbons (Fsp3) is 0.857. The average Bonchev–Trinajstić information content (AvgIpc) is 1.94. The van der Waals surface area contributed by atoms with Gasteiger partial charge in [0.2, 0.25) is 0 Å². The van der Waals surface area contributed by atoms with Gasteiger partial charge in [-0.2, -0.15) is 13.2 Å². The van der Waals surface area contributed by atoms with Gasteiger partial charge in [-0.05, 0) is 19.3 Å². The van der Waals surface area contributed by atoms with Gasteiger partial charge in [0.15, 0.2) is 0 Å². The van der Waals surface area contributed by atoms with Crippen LogP contribution >= 0.6 is 0 Å². The Hall–Kier alpha value is -0.780. The molecule has 0 saturated heterocycles. The third kappa shape index (κ3) is 2.58. The topological polar surface area (TPSA) is 49.3 Å². The van der Waals surface area contributed by atoms with Gasteiger partial charge in [0, 0.05) is 6.54 Å². The van der Waals surface area contributed by atoms with Crippen LogP contribution in [0.3, 0.4) is 0 Å². The summed E-state index contributed by atoms with van der Waals surface area (Å²) in [6.07, 6.45) is -3.17. The molecule has 1 fully saturated rings. The van der Waals surface area contributed by atoms with E-state index in [4.69, 9.17) is 0 Å². The standard InChI is InChI=1S/C7H10F3NO2/c8-7(9,10)5(12)11-4-6(13)2-1-3-6/h13H,1-4H2,(H,11,12). The summed E-state index contributed by atoms with van der Waals surface area (Å²) in [6, 6.07) is 0. The van der Waals surface area contributed by atoms with Crippen molar-refractivity contribution in [2.24, 2.45) is 0 Å². The minimum absolute atomic E-state index is 0.314. The second kappa shape index (κ2) is 3.17. The highest BCUT2D eigenvalue weighted by atomic mass is 19.4. The number of amides is 1. The summed E-state index contributed by atoms with van der Waals surface area (Å²) in [5.41, 5.74) is -1.11. The number of alkyl halides is 3. The van der Waals surface area contributed by atoms with Crippen LogP contribution in [0.15, 0.2) is 0 Å². The van der Waals surface area contributed by atoms with Gasteiger partial charge in [-0.1, -0.05) is 0 Å². The van der Waals surface area contributed by atoms with Gasteiger partial charge in [0.1, 0.15) is 0 Å². The van der Waals surface area contributed by atoms with E-state index in [-0.39, 0.29) is 6.54 Å². The van der Waals surface area contributed by atoms with E-state index < -0.39 is 17.7 Å². The van der Waals surface area contributed by atoms with Crippen molar-refractivity contribution in [1.82, 2.24) is 5.32 Å². The summed E-state index contributed by atoms with van der Waals surface area (Å²) >= 11 is 0. The fourth-order valence-corrected chi connectivity index (χ4v) is 1.11. The molecule has 0 bridgehead atoms. The zero-order valence-electron chi connectivity index (χ0n) is 6.82. The van der Waals surface area contributed by atoms with Gasteiger partial charge >= 0.3 is 12.1 Å². The molecule has 1 amide bonds. The van der Waals surface area contributed by atoms with Crippen molar-refractivity contribution in [3.63, 3.8) is 0 Å². The molecule has 1 saturated carbocycles. The lowest BCUT2D eigenvalue weighted by atomic mass is 9.80. The Kier molecular flexibility index (Phi) is 2.51. The Morgan fingerprint density at radius 2 is 2.00 bits per heavy atom. The van der Waals surface area contributed by atoms with Crippen LogP contribution in [0.4, 0.5) is 13.2 Å². The molecule has 0 radical (unpaired) electrons. The summed E-state index contributed by atoms with van der Waals surface area (Å²) in [7, 11) is 0. The van der Waals surface area contributed by atoms with Gasteiger partial charge < -0.3 is 10.4 Å². The van der Waals surface area contributed by atoms with Crippen LogP contribution < -0.4 is 5.32 Å². The predicted octanol–water partition coefficient (Wildman–Crippen LogP) is 0.580. The van der Waals surface area contributed by atoms with Crippen molar-refractivity contribution < 1.29 is 23.1 Å². The fourth-order valence-electron chi connectivity index (χ4n) is 1.11. The Labute approximate surface area is 72.9 Å². The average molecular weight is 197 g/mol. The van der Waals surface area contributed by atoms with Gasteiger partial charge in [0.25, 0.3) is 0 Å². The molecular weight excluding hydrogens is 187 g/mol. The van der Waals surface area contributed by atoms with Crippen molar-refractivity contribution >= 4 is 5.91 Å². The quantitative estimate of drug-likeness (QED) is 0.680. The van der Waals surface area contributed by atoms with Crippen LogP contribution in [0.25, 0.3) is 0 Å². The minimum Gasteiger partial charge on any atom is -0.388 e. The van der Waals surface area contributed by atoms with Crippen LogP contribution in [0.2, 0.25) is 0 Å². The van der Waals surface area contributed by atoms with E-state index in [0.29, 0.717) is 12.8 Å². The molecule has 0 aliphatic heterocycles. The Bertz CT molecular complexity index is 210. The molecule has 0 aromatic rings. The molecule has 0 unspecified atom stereocenters. The Morgan fingerprint density at radius 3 is 2.31 bits per heavy atom. The number of carbonyl (C=O) groups is 1. The first-order chi connectivity index (χ1) is 5.83. The Balaban J connectivity index is 2.30. The van der Waals surface area contributed by atoms with Crippen LogP contribution in [0.5, 0.6) is 0 Å². The zero-order chi connectivity index (χ0) is 10.1. The Morgan fingerprint density at radius 1 is 1.46 bits per heavy atom. The highest BCUT2D eigenvalue weighted by Gasteiger charge is 2.41. The summed E-state index contributed by atoms with van der Waals surface area (Å²) < 4.78 is 35.0. The molecule has 0 heterocycles. The number of carbonyl (C=O) groups excluding carboxylic acids is 1. The largest absolute Gasteiger partial charge is 0.471 e. The van der Waals surface area contributed by atoms with E-state index in [1.807, 2.05) is 0 Å². The number of aliphatic hydroxyl groups is 1. The van der Waals surface area contributed by atoms with E-state index in [0.717, 1.165) is 6.42 Å². The molecule has 0 aromatic carbocycles. The predicted molar refractivity (Wildman–Crippen MR) is 37.9 cm³/mol. The molecule has 0 atom stereocenters. The SMILES string of the molecule is O=C(NCC1(O)CCC1)C(F)(F)F. The molecule has 3 nitrogen and oxygen atoms in total. The van der Waals surface area contributed by atoms with Gasteiger partial charge in [0.05, 0.1) is 5.60 Å². The molecule has 2 N–H and O–H groups in total. The monoisotopic (exact) mass is 197 g/mol. The van der Waals surface area contributed by atoms with Crippen LogP contribution in [-0.4, -0.2) is 29.3 Å². The van der Waals surface area contributed by atoms with E-state index >= 15 is 0 Å². The van der Waals surface area contributed by atoms with Crippen molar-refractivity contribution in [2.45, 2.75) is 31.0 Å². The molecule has 13 heavy (non-hydrogen) atoms. The summed E-state index contributed by atoms with van der Waals surface area (Å²) in [5, 5.41) is 11.0. The second-order valence-corrected chi connectivity index (χ2v) is 3.26. The van der Waals surface area contributed by atoms with E-state index in [2.05, 4.69) is 0 Å².